The molecule has 0 spiro atoms. The number of carbonyl (C=O) groups is 1. The van der Waals surface area contributed by atoms with Crippen molar-refractivity contribution in [1.82, 2.24) is 5.43 Å². The molecule has 3 aromatic rings. The number of aryl methyl sites for hydroxylation is 2. The van der Waals surface area contributed by atoms with Gasteiger partial charge in [-0.1, -0.05) is 47.5 Å². The summed E-state index contributed by atoms with van der Waals surface area (Å²) in [6.07, 6.45) is 1.85. The molecule has 3 aromatic carbocycles. The molecule has 3 rings (SSSR count). The molecule has 1 amide bonds. The lowest BCUT2D eigenvalue weighted by Gasteiger charge is -2.11. The summed E-state index contributed by atoms with van der Waals surface area (Å²) in [5.74, 6) is 1.02. The van der Waals surface area contributed by atoms with E-state index in [4.69, 9.17) is 21.1 Å². The number of hydrogen-bond donors (Lipinski definition) is 1. The largest absolute Gasteiger partial charge is 0.493 e. The summed E-state index contributed by atoms with van der Waals surface area (Å²) in [5, 5.41) is 4.72. The van der Waals surface area contributed by atoms with E-state index in [1.54, 1.807) is 19.4 Å². The number of nitrogens with zero attached hydrogens (tertiary/aromatic N) is 1. The Balaban J connectivity index is 1.58. The highest BCUT2D eigenvalue weighted by Crippen LogP contribution is 2.28. The topological polar surface area (TPSA) is 59.9 Å². The minimum atomic E-state index is -0.170. The summed E-state index contributed by atoms with van der Waals surface area (Å²) in [6.45, 7) is 4.41. The molecule has 31 heavy (non-hydrogen) atoms. The van der Waals surface area contributed by atoms with Crippen LogP contribution in [0.1, 0.15) is 27.8 Å². The molecule has 0 aliphatic rings. The lowest BCUT2D eigenvalue weighted by atomic mass is 10.0. The van der Waals surface area contributed by atoms with Gasteiger partial charge in [-0.15, -0.1) is 0 Å². The van der Waals surface area contributed by atoms with Crippen LogP contribution in [-0.2, 0) is 17.8 Å². The van der Waals surface area contributed by atoms with Crippen molar-refractivity contribution in [3.63, 3.8) is 0 Å². The van der Waals surface area contributed by atoms with Crippen molar-refractivity contribution in [3.05, 3.63) is 93.5 Å². The first-order chi connectivity index (χ1) is 14.9. The molecule has 0 atom stereocenters. The molecule has 0 unspecified atom stereocenters. The summed E-state index contributed by atoms with van der Waals surface area (Å²) >= 11 is 6.01. The molecule has 0 bridgehead atoms. The SMILES string of the molecule is COc1cc(/C=N\NC(=O)Cc2ccc(C)cc2C)ccc1OCc1cccc(Cl)c1. The highest BCUT2D eigenvalue weighted by atomic mass is 35.5. The zero-order valence-electron chi connectivity index (χ0n) is 17.8. The quantitative estimate of drug-likeness (QED) is 0.388. The van der Waals surface area contributed by atoms with Gasteiger partial charge in [0.2, 0.25) is 5.91 Å². The third kappa shape index (κ3) is 6.59. The molecule has 0 saturated carbocycles. The molecule has 160 valence electrons. The third-order valence-electron chi connectivity index (χ3n) is 4.72. The van der Waals surface area contributed by atoms with Gasteiger partial charge in [0.25, 0.3) is 0 Å². The van der Waals surface area contributed by atoms with Crippen LogP contribution in [0.5, 0.6) is 11.5 Å². The maximum absolute atomic E-state index is 12.2. The number of benzene rings is 3. The van der Waals surface area contributed by atoms with Crippen molar-refractivity contribution >= 4 is 23.7 Å². The number of methoxy groups -OCH3 is 1. The lowest BCUT2D eigenvalue weighted by molar-refractivity contribution is -0.120. The summed E-state index contributed by atoms with van der Waals surface area (Å²) < 4.78 is 11.3. The van der Waals surface area contributed by atoms with Crippen LogP contribution in [0.2, 0.25) is 5.02 Å². The molecular weight excluding hydrogens is 412 g/mol. The van der Waals surface area contributed by atoms with E-state index in [1.165, 1.54) is 5.56 Å². The zero-order chi connectivity index (χ0) is 22.2. The monoisotopic (exact) mass is 436 g/mol. The van der Waals surface area contributed by atoms with Crippen LogP contribution < -0.4 is 14.9 Å². The Morgan fingerprint density at radius 2 is 1.90 bits per heavy atom. The average Bonchev–Trinajstić information content (AvgIpc) is 2.74. The Morgan fingerprint density at radius 1 is 1.06 bits per heavy atom. The van der Waals surface area contributed by atoms with Gasteiger partial charge < -0.3 is 9.47 Å². The van der Waals surface area contributed by atoms with Crippen molar-refractivity contribution in [1.29, 1.82) is 0 Å². The van der Waals surface area contributed by atoms with Gasteiger partial charge in [0.05, 0.1) is 19.7 Å². The molecule has 0 fully saturated rings. The van der Waals surface area contributed by atoms with Gasteiger partial charge in [-0.3, -0.25) is 4.79 Å². The first kappa shape index (κ1) is 22.4. The predicted molar refractivity (Wildman–Crippen MR) is 124 cm³/mol. The number of amides is 1. The number of ether oxygens (including phenoxy) is 2. The second-order valence-electron chi connectivity index (χ2n) is 7.23. The molecule has 0 saturated heterocycles. The van der Waals surface area contributed by atoms with E-state index >= 15 is 0 Å². The Morgan fingerprint density at radius 3 is 2.65 bits per heavy atom. The van der Waals surface area contributed by atoms with Crippen LogP contribution in [0.25, 0.3) is 0 Å². The molecule has 1 N–H and O–H groups in total. The van der Waals surface area contributed by atoms with Gasteiger partial charge in [0, 0.05) is 5.02 Å². The zero-order valence-corrected chi connectivity index (χ0v) is 18.6. The molecule has 5 nitrogen and oxygen atoms in total. The van der Waals surface area contributed by atoms with E-state index in [-0.39, 0.29) is 12.3 Å². The Labute approximate surface area is 187 Å². The summed E-state index contributed by atoms with van der Waals surface area (Å²) in [7, 11) is 1.58. The van der Waals surface area contributed by atoms with Crippen LogP contribution >= 0.6 is 11.6 Å². The van der Waals surface area contributed by atoms with E-state index < -0.39 is 0 Å². The van der Waals surface area contributed by atoms with Crippen molar-refractivity contribution in [2.24, 2.45) is 5.10 Å². The highest BCUT2D eigenvalue weighted by Gasteiger charge is 2.07. The average molecular weight is 437 g/mol. The number of rotatable bonds is 8. The second-order valence-corrected chi connectivity index (χ2v) is 7.67. The van der Waals surface area contributed by atoms with Gasteiger partial charge in [-0.05, 0) is 66.4 Å². The van der Waals surface area contributed by atoms with Gasteiger partial charge in [0.1, 0.15) is 6.61 Å². The minimum Gasteiger partial charge on any atom is -0.493 e. The second kappa shape index (κ2) is 10.6. The number of hydrazone groups is 1. The first-order valence-corrected chi connectivity index (χ1v) is 10.3. The Hall–Kier alpha value is -3.31. The van der Waals surface area contributed by atoms with Crippen LogP contribution in [0.4, 0.5) is 0 Å². The van der Waals surface area contributed by atoms with E-state index in [0.717, 1.165) is 22.3 Å². The van der Waals surface area contributed by atoms with Crippen LogP contribution in [0.15, 0.2) is 65.8 Å². The van der Waals surface area contributed by atoms with Crippen molar-refractivity contribution in [2.75, 3.05) is 7.11 Å². The Bertz CT molecular complexity index is 1100. The van der Waals surface area contributed by atoms with Gasteiger partial charge in [-0.25, -0.2) is 5.43 Å². The van der Waals surface area contributed by atoms with Gasteiger partial charge >= 0.3 is 0 Å². The van der Waals surface area contributed by atoms with Crippen LogP contribution in [0, 0.1) is 13.8 Å². The number of nitrogens with one attached hydrogen (secondary N) is 1. The number of hydrogen-bond acceptors (Lipinski definition) is 4. The minimum absolute atomic E-state index is 0.170. The third-order valence-corrected chi connectivity index (χ3v) is 4.96. The predicted octanol–water partition coefficient (Wildman–Crippen LogP) is 5.24. The molecule has 6 heteroatoms. The molecule has 0 radical (unpaired) electrons. The van der Waals surface area contributed by atoms with E-state index in [0.29, 0.717) is 23.1 Å². The summed E-state index contributed by atoms with van der Waals surface area (Å²) in [4.78, 5) is 12.2. The smallest absolute Gasteiger partial charge is 0.244 e. The fourth-order valence-corrected chi connectivity index (χ4v) is 3.32. The molecular formula is C25H25ClN2O3. The molecule has 0 aliphatic carbocycles. The summed E-state index contributed by atoms with van der Waals surface area (Å²) in [5.41, 5.74) is 7.57. The first-order valence-electron chi connectivity index (χ1n) is 9.88. The van der Waals surface area contributed by atoms with Crippen LogP contribution in [-0.4, -0.2) is 19.2 Å². The van der Waals surface area contributed by atoms with Crippen molar-refractivity contribution in [2.45, 2.75) is 26.9 Å². The van der Waals surface area contributed by atoms with Crippen molar-refractivity contribution < 1.29 is 14.3 Å². The highest BCUT2D eigenvalue weighted by molar-refractivity contribution is 6.30. The van der Waals surface area contributed by atoms with Gasteiger partial charge in [-0.2, -0.15) is 5.10 Å². The van der Waals surface area contributed by atoms with E-state index in [9.17, 15) is 4.79 Å². The van der Waals surface area contributed by atoms with E-state index in [1.807, 2.05) is 62.4 Å². The molecule has 0 heterocycles. The lowest BCUT2D eigenvalue weighted by Crippen LogP contribution is -2.20. The van der Waals surface area contributed by atoms with E-state index in [2.05, 4.69) is 16.6 Å². The van der Waals surface area contributed by atoms with Gasteiger partial charge in [0.15, 0.2) is 11.5 Å². The Kier molecular flexibility index (Phi) is 7.68. The molecule has 0 aromatic heterocycles. The maximum atomic E-state index is 12.2. The maximum Gasteiger partial charge on any atom is 0.244 e. The normalized spacial score (nSPS) is 10.8. The fraction of sp³-hybridized carbons (Fsp3) is 0.200. The summed E-state index contributed by atoms with van der Waals surface area (Å²) in [6, 6.07) is 19.0. The van der Waals surface area contributed by atoms with Crippen molar-refractivity contribution in [3.8, 4) is 11.5 Å². The van der Waals surface area contributed by atoms with Crippen LogP contribution in [0.3, 0.4) is 0 Å². The fourth-order valence-electron chi connectivity index (χ4n) is 3.11. The standard InChI is InChI=1S/C25H25ClN2O3/c1-17-7-9-21(18(2)11-17)14-25(29)28-27-15-19-8-10-23(24(13-19)30-3)31-16-20-5-4-6-22(26)12-20/h4-13,15H,14,16H2,1-3H3,(H,28,29)/b27-15-. The number of halogens is 1. The number of carbonyl (C=O) groups excluding carboxylic acids is 1. The molecule has 0 aliphatic heterocycles.